The highest BCUT2D eigenvalue weighted by Crippen LogP contribution is 2.05. The van der Waals surface area contributed by atoms with Crippen LogP contribution >= 0.6 is 0 Å². The van der Waals surface area contributed by atoms with Gasteiger partial charge in [0.2, 0.25) is 7.98 Å². The molecule has 1 aromatic carbocycles. The van der Waals surface area contributed by atoms with Crippen LogP contribution in [0.15, 0.2) is 36.9 Å². The van der Waals surface area contributed by atoms with Crippen molar-refractivity contribution in [1.29, 1.82) is 0 Å². The third-order valence-corrected chi connectivity index (χ3v) is 2.75. The van der Waals surface area contributed by atoms with Gasteiger partial charge < -0.3 is 4.48 Å². The Hall–Kier alpha value is -1.70. The van der Waals surface area contributed by atoms with Crippen LogP contribution in [0.3, 0.4) is 0 Å². The third kappa shape index (κ3) is 1.42. The van der Waals surface area contributed by atoms with E-state index < -0.39 is 0 Å². The molecule has 2 rings (SSSR count). The monoisotopic (exact) mass is 195 g/mol. The molecule has 0 saturated carbocycles. The third-order valence-electron chi connectivity index (χ3n) is 2.75. The fraction of sp³-hybridized carbons (Fsp3) is 0.0769. The molecular weight excluding hydrogens is 181 g/mol. The Labute approximate surface area is 90.5 Å². The lowest BCUT2D eigenvalue weighted by atomic mass is 10.2. The normalized spacial score (nSPS) is 13.7. The van der Waals surface area contributed by atoms with Crippen LogP contribution in [0.25, 0.3) is 23.1 Å². The zero-order chi connectivity index (χ0) is 10.8. The standard InChI is InChI=1S/C13H14BN/c1-3-7-10-11-8-5-6-9-13(11)15(14)12(10)4-2/h3-9H,1,14H2,2H3/b10-7-,12-4+. The Bertz CT molecular complexity index is 620. The summed E-state index contributed by atoms with van der Waals surface area (Å²) < 4.78 is 2.21. The van der Waals surface area contributed by atoms with Crippen molar-refractivity contribution in [2.24, 2.45) is 0 Å². The predicted octanol–water partition coefficient (Wildman–Crippen LogP) is 0.804. The van der Waals surface area contributed by atoms with Crippen LogP contribution in [0.4, 0.5) is 0 Å². The lowest BCUT2D eigenvalue weighted by molar-refractivity contribution is 1.23. The van der Waals surface area contributed by atoms with Gasteiger partial charge in [-0.25, -0.2) is 0 Å². The topological polar surface area (TPSA) is 4.93 Å². The van der Waals surface area contributed by atoms with Gasteiger partial charge in [-0.3, -0.25) is 0 Å². The van der Waals surface area contributed by atoms with Crippen molar-refractivity contribution in [3.05, 3.63) is 47.5 Å². The summed E-state index contributed by atoms with van der Waals surface area (Å²) in [4.78, 5) is 0. The van der Waals surface area contributed by atoms with Crippen molar-refractivity contribution in [2.75, 3.05) is 0 Å². The first-order valence-corrected chi connectivity index (χ1v) is 5.12. The van der Waals surface area contributed by atoms with E-state index in [-0.39, 0.29) is 0 Å². The SMILES string of the molecule is Bn1c(=C/C)/c(=C\C=C)c2ccccc21. The molecule has 0 aliphatic heterocycles. The van der Waals surface area contributed by atoms with Gasteiger partial charge in [0, 0.05) is 21.5 Å². The van der Waals surface area contributed by atoms with Gasteiger partial charge in [0.05, 0.1) is 0 Å². The van der Waals surface area contributed by atoms with E-state index in [0.29, 0.717) is 0 Å². The molecule has 0 spiro atoms. The van der Waals surface area contributed by atoms with E-state index in [1.54, 1.807) is 0 Å². The molecule has 2 heteroatoms. The van der Waals surface area contributed by atoms with E-state index in [0.717, 1.165) is 0 Å². The van der Waals surface area contributed by atoms with Crippen molar-refractivity contribution in [3.8, 4) is 0 Å². The minimum Gasteiger partial charge on any atom is -0.393 e. The van der Waals surface area contributed by atoms with Crippen LogP contribution < -0.4 is 10.6 Å². The van der Waals surface area contributed by atoms with Crippen LogP contribution in [-0.4, -0.2) is 12.5 Å². The zero-order valence-corrected chi connectivity index (χ0v) is 9.20. The molecule has 0 amide bonds. The largest absolute Gasteiger partial charge is 0.393 e. The highest BCUT2D eigenvalue weighted by atomic mass is 14.9. The van der Waals surface area contributed by atoms with Gasteiger partial charge in [-0.2, -0.15) is 0 Å². The Morgan fingerprint density at radius 3 is 2.73 bits per heavy atom. The molecule has 1 nitrogen and oxygen atoms in total. The number of rotatable bonds is 1. The van der Waals surface area contributed by atoms with Crippen molar-refractivity contribution in [3.63, 3.8) is 0 Å². The molecule has 0 aliphatic rings. The second kappa shape index (κ2) is 3.81. The number of fused-ring (bicyclic) bond motifs is 1. The smallest absolute Gasteiger partial charge is 0.223 e. The summed E-state index contributed by atoms with van der Waals surface area (Å²) in [6, 6.07) is 8.43. The molecule has 2 aromatic rings. The lowest BCUT2D eigenvalue weighted by Gasteiger charge is -1.94. The molecule has 0 radical (unpaired) electrons. The first-order valence-electron chi connectivity index (χ1n) is 5.12. The van der Waals surface area contributed by atoms with E-state index >= 15 is 0 Å². The highest BCUT2D eigenvalue weighted by molar-refractivity contribution is 6.11. The molecule has 74 valence electrons. The maximum absolute atomic E-state index is 3.77. The van der Waals surface area contributed by atoms with Gasteiger partial charge >= 0.3 is 0 Å². The molecule has 0 aliphatic carbocycles. The Kier molecular flexibility index (Phi) is 2.50. The van der Waals surface area contributed by atoms with Crippen molar-refractivity contribution >= 4 is 31.0 Å². The number of nitrogens with zero attached hydrogens (tertiary/aromatic N) is 1. The van der Waals surface area contributed by atoms with Gasteiger partial charge in [0.1, 0.15) is 0 Å². The Morgan fingerprint density at radius 1 is 1.33 bits per heavy atom. The first kappa shape index (κ1) is 9.84. The maximum Gasteiger partial charge on any atom is 0.223 e. The summed E-state index contributed by atoms with van der Waals surface area (Å²) in [5.41, 5.74) is 1.26. The molecular formula is C13H14BN. The summed E-state index contributed by atoms with van der Waals surface area (Å²) in [5.74, 6) is 0. The van der Waals surface area contributed by atoms with Gasteiger partial charge in [0.15, 0.2) is 0 Å². The molecule has 0 bridgehead atoms. The van der Waals surface area contributed by atoms with Gasteiger partial charge in [0.25, 0.3) is 0 Å². The van der Waals surface area contributed by atoms with E-state index in [1.165, 1.54) is 21.5 Å². The molecule has 0 unspecified atom stereocenters. The molecule has 15 heavy (non-hydrogen) atoms. The number of allylic oxidation sites excluding steroid dienone is 1. The maximum atomic E-state index is 3.77. The summed E-state index contributed by atoms with van der Waals surface area (Å²) in [6.45, 7) is 5.83. The molecule has 0 saturated heterocycles. The number of aromatic nitrogens is 1. The molecule has 1 aromatic heterocycles. The average Bonchev–Trinajstić information content (AvgIpc) is 2.54. The summed E-state index contributed by atoms with van der Waals surface area (Å²) >= 11 is 0. The zero-order valence-electron chi connectivity index (χ0n) is 9.20. The number of benzene rings is 1. The first-order chi connectivity index (χ1) is 7.29. The summed E-state index contributed by atoms with van der Waals surface area (Å²) in [7, 11) is 2.10. The molecule has 1 heterocycles. The van der Waals surface area contributed by atoms with E-state index in [4.69, 9.17) is 0 Å². The Balaban J connectivity index is 3.13. The summed E-state index contributed by atoms with van der Waals surface area (Å²) in [5, 5.41) is 3.79. The van der Waals surface area contributed by atoms with Crippen molar-refractivity contribution in [1.82, 2.24) is 4.48 Å². The van der Waals surface area contributed by atoms with Crippen molar-refractivity contribution in [2.45, 2.75) is 6.92 Å². The number of hydrogen-bond acceptors (Lipinski definition) is 0. The van der Waals surface area contributed by atoms with E-state index in [9.17, 15) is 0 Å². The van der Waals surface area contributed by atoms with Crippen LogP contribution in [0.2, 0.25) is 0 Å². The van der Waals surface area contributed by atoms with Crippen LogP contribution in [-0.2, 0) is 0 Å². The molecule has 0 atom stereocenters. The van der Waals surface area contributed by atoms with Gasteiger partial charge in [-0.05, 0) is 13.0 Å². The summed E-state index contributed by atoms with van der Waals surface area (Å²) in [6.07, 6.45) is 6.04. The van der Waals surface area contributed by atoms with E-state index in [2.05, 4.69) is 62.4 Å². The van der Waals surface area contributed by atoms with E-state index in [1.807, 2.05) is 6.08 Å². The number of hydrogen-bond donors (Lipinski definition) is 0. The fourth-order valence-corrected chi connectivity index (χ4v) is 2.08. The van der Waals surface area contributed by atoms with Crippen LogP contribution in [0.1, 0.15) is 6.92 Å². The molecule has 0 N–H and O–H groups in total. The lowest BCUT2D eigenvalue weighted by Crippen LogP contribution is -2.27. The fourth-order valence-electron chi connectivity index (χ4n) is 2.08. The minimum absolute atomic E-state index is 1.25. The minimum atomic E-state index is 1.25. The second-order valence-electron chi connectivity index (χ2n) is 3.57. The average molecular weight is 195 g/mol. The van der Waals surface area contributed by atoms with Gasteiger partial charge in [-0.15, -0.1) is 0 Å². The second-order valence-corrected chi connectivity index (χ2v) is 3.57. The van der Waals surface area contributed by atoms with Crippen molar-refractivity contribution < 1.29 is 0 Å². The quantitative estimate of drug-likeness (QED) is 0.593. The van der Waals surface area contributed by atoms with Crippen LogP contribution in [0, 0.1) is 0 Å². The highest BCUT2D eigenvalue weighted by Gasteiger charge is 2.01. The van der Waals surface area contributed by atoms with Crippen LogP contribution in [0.5, 0.6) is 0 Å². The van der Waals surface area contributed by atoms with Gasteiger partial charge in [-0.1, -0.05) is 43.0 Å². The predicted molar refractivity (Wildman–Crippen MR) is 69.9 cm³/mol. The number of para-hydroxylation sites is 1. The Morgan fingerprint density at radius 2 is 2.07 bits per heavy atom. The molecule has 0 fully saturated rings.